The van der Waals surface area contributed by atoms with E-state index in [4.69, 9.17) is 18.9 Å². The first kappa shape index (κ1) is 53.5. The number of carbonyl (C=O) groups excluding carboxylic acids is 2. The van der Waals surface area contributed by atoms with E-state index >= 15 is 0 Å². The molecule has 1 fully saturated rings. The van der Waals surface area contributed by atoms with E-state index < -0.39 is 49.4 Å². The van der Waals surface area contributed by atoms with Gasteiger partial charge in [0, 0.05) is 12.8 Å². The van der Waals surface area contributed by atoms with Crippen LogP contribution in [0.15, 0.2) is 12.2 Å². The predicted molar refractivity (Wildman–Crippen MR) is 229 cm³/mol. The molecular formula is C47H88O10. The molecule has 0 spiro atoms. The molecule has 10 nitrogen and oxygen atoms in total. The van der Waals surface area contributed by atoms with Crippen molar-refractivity contribution < 1.29 is 49.0 Å². The number of unbranched alkanes of at least 4 members (excludes halogenated alkanes) is 27. The summed E-state index contributed by atoms with van der Waals surface area (Å²) in [5.41, 5.74) is 0. The van der Waals surface area contributed by atoms with E-state index in [0.717, 1.165) is 57.8 Å². The molecule has 10 heteroatoms. The Bertz CT molecular complexity index is 943. The molecule has 0 aromatic rings. The van der Waals surface area contributed by atoms with Gasteiger partial charge < -0.3 is 39.4 Å². The fraction of sp³-hybridized carbons (Fsp3) is 0.915. The van der Waals surface area contributed by atoms with Crippen LogP contribution >= 0.6 is 0 Å². The smallest absolute Gasteiger partial charge is 0.306 e. The topological polar surface area (TPSA) is 152 Å². The number of aliphatic hydroxyl groups excluding tert-OH is 4. The number of hydrogen-bond acceptors (Lipinski definition) is 10. The number of ether oxygens (including phenoxy) is 4. The Morgan fingerprint density at radius 1 is 0.526 bits per heavy atom. The molecule has 0 aliphatic carbocycles. The van der Waals surface area contributed by atoms with E-state index in [0.29, 0.717) is 6.42 Å². The number of hydrogen-bond donors (Lipinski definition) is 4. The van der Waals surface area contributed by atoms with Gasteiger partial charge in [-0.3, -0.25) is 9.59 Å². The lowest BCUT2D eigenvalue weighted by Gasteiger charge is -2.39. The molecule has 6 atom stereocenters. The molecule has 336 valence electrons. The van der Waals surface area contributed by atoms with Crippen molar-refractivity contribution in [3.05, 3.63) is 12.2 Å². The third-order valence-corrected chi connectivity index (χ3v) is 11.2. The highest BCUT2D eigenvalue weighted by Gasteiger charge is 2.44. The summed E-state index contributed by atoms with van der Waals surface area (Å²) in [5.74, 6) is -0.805. The summed E-state index contributed by atoms with van der Waals surface area (Å²) in [6, 6.07) is 0. The van der Waals surface area contributed by atoms with Crippen LogP contribution in [-0.4, -0.2) is 89.0 Å². The van der Waals surface area contributed by atoms with Crippen molar-refractivity contribution in [3.63, 3.8) is 0 Å². The summed E-state index contributed by atoms with van der Waals surface area (Å²) >= 11 is 0. The van der Waals surface area contributed by atoms with Gasteiger partial charge in [-0.1, -0.05) is 180 Å². The summed E-state index contributed by atoms with van der Waals surface area (Å²) in [6.45, 7) is 3.43. The molecule has 0 aromatic heterocycles. The van der Waals surface area contributed by atoms with E-state index in [2.05, 4.69) is 26.0 Å². The molecule has 2 unspecified atom stereocenters. The van der Waals surface area contributed by atoms with E-state index in [1.807, 2.05) is 0 Å². The van der Waals surface area contributed by atoms with Crippen molar-refractivity contribution >= 4 is 11.9 Å². The first-order valence-corrected chi connectivity index (χ1v) is 23.8. The van der Waals surface area contributed by atoms with Gasteiger partial charge in [-0.05, 0) is 38.5 Å². The first-order chi connectivity index (χ1) is 27.8. The van der Waals surface area contributed by atoms with Crippen LogP contribution in [0.5, 0.6) is 0 Å². The highest BCUT2D eigenvalue weighted by atomic mass is 16.7. The normalized spacial score (nSPS) is 20.3. The molecular weight excluding hydrogens is 725 g/mol. The first-order valence-electron chi connectivity index (χ1n) is 23.8. The van der Waals surface area contributed by atoms with Crippen LogP contribution in [0, 0.1) is 0 Å². The van der Waals surface area contributed by atoms with Crippen LogP contribution in [-0.2, 0) is 28.5 Å². The van der Waals surface area contributed by atoms with Gasteiger partial charge in [0.15, 0.2) is 12.4 Å². The Morgan fingerprint density at radius 2 is 0.930 bits per heavy atom. The van der Waals surface area contributed by atoms with Gasteiger partial charge in [-0.2, -0.15) is 0 Å². The second kappa shape index (κ2) is 38.6. The van der Waals surface area contributed by atoms with Gasteiger partial charge in [0.2, 0.25) is 0 Å². The summed E-state index contributed by atoms with van der Waals surface area (Å²) in [4.78, 5) is 25.3. The highest BCUT2D eigenvalue weighted by molar-refractivity contribution is 5.70. The molecule has 57 heavy (non-hydrogen) atoms. The maximum Gasteiger partial charge on any atom is 0.306 e. The monoisotopic (exact) mass is 813 g/mol. The summed E-state index contributed by atoms with van der Waals surface area (Å²) < 4.78 is 22.2. The molecule has 1 aliphatic heterocycles. The van der Waals surface area contributed by atoms with Crippen LogP contribution in [0.4, 0.5) is 0 Å². The average Bonchev–Trinajstić information content (AvgIpc) is 3.21. The zero-order valence-electron chi connectivity index (χ0n) is 36.6. The number of allylic oxidation sites excluding steroid dienone is 2. The zero-order chi connectivity index (χ0) is 41.6. The number of aliphatic hydroxyl groups is 4. The molecule has 1 aliphatic rings. The van der Waals surface area contributed by atoms with E-state index in [1.165, 1.54) is 128 Å². The predicted octanol–water partition coefficient (Wildman–Crippen LogP) is 10.3. The molecule has 4 N–H and O–H groups in total. The van der Waals surface area contributed by atoms with Crippen molar-refractivity contribution in [2.45, 2.75) is 256 Å². The molecule has 0 saturated carbocycles. The Balaban J connectivity index is 2.29. The Kier molecular flexibility index (Phi) is 36.2. The third kappa shape index (κ3) is 30.2. The summed E-state index contributed by atoms with van der Waals surface area (Å²) in [5, 5.41) is 40.1. The highest BCUT2D eigenvalue weighted by Crippen LogP contribution is 2.23. The third-order valence-electron chi connectivity index (χ3n) is 11.2. The standard InChI is InChI=1S/C47H88O10/c1-3-5-7-9-11-13-15-17-19-20-21-22-24-26-28-30-32-34-36-43(50)56-40(39-55-47-46(53)45(52)44(51)41(37-48)57-47)38-54-42(49)35-33-31-29-27-25-23-18-16-14-12-10-8-6-4-2/h16,18,40-41,44-48,51-53H,3-15,17,19-39H2,1-2H3/b18-16+/t40-,41-,44+,45?,46?,47-/m1/s1. The van der Waals surface area contributed by atoms with E-state index in [-0.39, 0.29) is 32.0 Å². The molecule has 0 radical (unpaired) electrons. The van der Waals surface area contributed by atoms with Crippen LogP contribution < -0.4 is 0 Å². The Hall–Kier alpha value is -1.56. The molecule has 1 heterocycles. The van der Waals surface area contributed by atoms with Crippen molar-refractivity contribution in [2.24, 2.45) is 0 Å². The largest absolute Gasteiger partial charge is 0.462 e. The van der Waals surface area contributed by atoms with Crippen LogP contribution in [0.2, 0.25) is 0 Å². The molecule has 0 aromatic carbocycles. The van der Waals surface area contributed by atoms with E-state index in [1.54, 1.807) is 0 Å². The van der Waals surface area contributed by atoms with Gasteiger partial charge in [0.05, 0.1) is 13.2 Å². The minimum atomic E-state index is -1.59. The second-order valence-corrected chi connectivity index (χ2v) is 16.6. The Morgan fingerprint density at radius 3 is 1.37 bits per heavy atom. The minimum Gasteiger partial charge on any atom is -0.462 e. The molecule has 0 amide bonds. The van der Waals surface area contributed by atoms with Crippen LogP contribution in [0.3, 0.4) is 0 Å². The second-order valence-electron chi connectivity index (χ2n) is 16.6. The summed E-state index contributed by atoms with van der Waals surface area (Å²) in [6.07, 6.45) is 33.6. The average molecular weight is 813 g/mol. The lowest BCUT2D eigenvalue weighted by Crippen LogP contribution is -2.59. The number of esters is 2. The molecule has 1 saturated heterocycles. The minimum absolute atomic E-state index is 0.216. The SMILES string of the molecule is CCCCCCC/C=C/CCCCCCCC(=O)OC[C@H](CO[C@@H]1O[C@H](CO)[C@H](O)C(O)C1O)OC(=O)CCCCCCCCCCCCCCCCCCCC. The quantitative estimate of drug-likeness (QED) is 0.0267. The lowest BCUT2D eigenvalue weighted by atomic mass is 9.99. The maximum absolute atomic E-state index is 12.8. The van der Waals surface area contributed by atoms with Crippen molar-refractivity contribution in [2.75, 3.05) is 19.8 Å². The number of carbonyl (C=O) groups is 2. The van der Waals surface area contributed by atoms with Gasteiger partial charge >= 0.3 is 11.9 Å². The van der Waals surface area contributed by atoms with Crippen LogP contribution in [0.1, 0.15) is 219 Å². The van der Waals surface area contributed by atoms with Crippen LogP contribution in [0.25, 0.3) is 0 Å². The number of rotatable bonds is 40. The van der Waals surface area contributed by atoms with Crippen molar-refractivity contribution in [1.29, 1.82) is 0 Å². The maximum atomic E-state index is 12.8. The zero-order valence-corrected chi connectivity index (χ0v) is 36.6. The van der Waals surface area contributed by atoms with Gasteiger partial charge in [0.25, 0.3) is 0 Å². The summed E-state index contributed by atoms with van der Waals surface area (Å²) in [7, 11) is 0. The fourth-order valence-corrected chi connectivity index (χ4v) is 7.36. The lowest BCUT2D eigenvalue weighted by molar-refractivity contribution is -0.305. The van der Waals surface area contributed by atoms with Crippen molar-refractivity contribution in [3.8, 4) is 0 Å². The van der Waals surface area contributed by atoms with Gasteiger partial charge in [0.1, 0.15) is 31.0 Å². The van der Waals surface area contributed by atoms with Crippen molar-refractivity contribution in [1.82, 2.24) is 0 Å². The van der Waals surface area contributed by atoms with E-state index in [9.17, 15) is 30.0 Å². The molecule has 1 rings (SSSR count). The molecule has 0 bridgehead atoms. The fourth-order valence-electron chi connectivity index (χ4n) is 7.36. The Labute approximate surface area is 348 Å². The van der Waals surface area contributed by atoms with Gasteiger partial charge in [-0.15, -0.1) is 0 Å². The van der Waals surface area contributed by atoms with Gasteiger partial charge in [-0.25, -0.2) is 0 Å².